The SMILES string of the molecule is Cc1ccccc1CCCN1CCN([C@H](C)C(=O)NC2CC2)CC1. The fourth-order valence-corrected chi connectivity index (χ4v) is 3.47. The van der Waals surface area contributed by atoms with Crippen LogP contribution in [-0.4, -0.2) is 60.5 Å². The van der Waals surface area contributed by atoms with Crippen molar-refractivity contribution in [3.63, 3.8) is 0 Å². The number of carbonyl (C=O) groups is 1. The lowest BCUT2D eigenvalue weighted by Crippen LogP contribution is -2.54. The van der Waals surface area contributed by atoms with Crippen LogP contribution < -0.4 is 5.32 Å². The second-order valence-corrected chi connectivity index (χ2v) is 7.37. The van der Waals surface area contributed by atoms with Crippen LogP contribution in [0.25, 0.3) is 0 Å². The molecule has 3 rings (SSSR count). The highest BCUT2D eigenvalue weighted by molar-refractivity contribution is 5.81. The van der Waals surface area contributed by atoms with Crippen molar-refractivity contribution in [2.24, 2.45) is 0 Å². The monoisotopic (exact) mass is 329 g/mol. The van der Waals surface area contributed by atoms with Crippen LogP contribution in [-0.2, 0) is 11.2 Å². The van der Waals surface area contributed by atoms with Gasteiger partial charge in [0.1, 0.15) is 0 Å². The van der Waals surface area contributed by atoms with Crippen LogP contribution in [0.5, 0.6) is 0 Å². The third-order valence-corrected chi connectivity index (χ3v) is 5.44. The number of nitrogens with zero attached hydrogens (tertiary/aromatic N) is 2. The molecule has 2 fully saturated rings. The average molecular weight is 329 g/mol. The van der Waals surface area contributed by atoms with Crippen molar-refractivity contribution in [1.82, 2.24) is 15.1 Å². The number of nitrogens with one attached hydrogen (secondary N) is 1. The van der Waals surface area contributed by atoms with Crippen LogP contribution >= 0.6 is 0 Å². The minimum atomic E-state index is 0.0136. The molecule has 0 unspecified atom stereocenters. The molecule has 1 aliphatic carbocycles. The highest BCUT2D eigenvalue weighted by Crippen LogP contribution is 2.19. The largest absolute Gasteiger partial charge is 0.352 e. The Morgan fingerprint density at radius 3 is 2.58 bits per heavy atom. The Morgan fingerprint density at radius 1 is 1.21 bits per heavy atom. The molecule has 1 aliphatic heterocycles. The first-order valence-corrected chi connectivity index (χ1v) is 9.45. The summed E-state index contributed by atoms with van der Waals surface area (Å²) < 4.78 is 0. The Bertz CT molecular complexity index is 548. The second kappa shape index (κ2) is 8.13. The van der Waals surface area contributed by atoms with E-state index < -0.39 is 0 Å². The van der Waals surface area contributed by atoms with Crippen LogP contribution in [0.4, 0.5) is 0 Å². The molecule has 1 atom stereocenters. The Labute approximate surface area is 146 Å². The van der Waals surface area contributed by atoms with Crippen LogP contribution in [0.1, 0.15) is 37.3 Å². The molecule has 4 heteroatoms. The molecule has 1 saturated carbocycles. The maximum Gasteiger partial charge on any atom is 0.237 e. The highest BCUT2D eigenvalue weighted by atomic mass is 16.2. The highest BCUT2D eigenvalue weighted by Gasteiger charge is 2.29. The van der Waals surface area contributed by atoms with Crippen molar-refractivity contribution in [2.75, 3.05) is 32.7 Å². The third-order valence-electron chi connectivity index (χ3n) is 5.44. The van der Waals surface area contributed by atoms with Crippen molar-refractivity contribution in [3.05, 3.63) is 35.4 Å². The van der Waals surface area contributed by atoms with Gasteiger partial charge in [-0.25, -0.2) is 0 Å². The second-order valence-electron chi connectivity index (χ2n) is 7.37. The maximum atomic E-state index is 12.2. The first-order valence-electron chi connectivity index (χ1n) is 9.45. The van der Waals surface area contributed by atoms with E-state index in [-0.39, 0.29) is 11.9 Å². The van der Waals surface area contributed by atoms with E-state index in [0.29, 0.717) is 6.04 Å². The molecule has 0 bridgehead atoms. The van der Waals surface area contributed by atoms with Gasteiger partial charge in [-0.1, -0.05) is 24.3 Å². The van der Waals surface area contributed by atoms with Crippen molar-refractivity contribution in [1.29, 1.82) is 0 Å². The molecular formula is C20H31N3O. The Balaban J connectivity index is 1.35. The molecule has 132 valence electrons. The number of carbonyl (C=O) groups excluding carboxylic acids is 1. The van der Waals surface area contributed by atoms with Crippen LogP contribution in [0.2, 0.25) is 0 Å². The molecule has 2 aliphatic rings. The number of rotatable bonds is 7. The van der Waals surface area contributed by atoms with E-state index in [2.05, 4.69) is 46.3 Å². The number of hydrogen-bond acceptors (Lipinski definition) is 3. The lowest BCUT2D eigenvalue weighted by molar-refractivity contribution is -0.126. The van der Waals surface area contributed by atoms with Gasteiger partial charge in [-0.2, -0.15) is 0 Å². The van der Waals surface area contributed by atoms with Gasteiger partial charge in [0.25, 0.3) is 0 Å². The van der Waals surface area contributed by atoms with Crippen molar-refractivity contribution in [2.45, 2.75) is 51.6 Å². The Kier molecular flexibility index (Phi) is 5.90. The van der Waals surface area contributed by atoms with Crippen molar-refractivity contribution < 1.29 is 4.79 Å². The van der Waals surface area contributed by atoms with Gasteiger partial charge in [-0.15, -0.1) is 0 Å². The number of aryl methyl sites for hydroxylation is 2. The van der Waals surface area contributed by atoms with Gasteiger partial charge in [0.15, 0.2) is 0 Å². The molecule has 24 heavy (non-hydrogen) atoms. The quantitative estimate of drug-likeness (QED) is 0.833. The van der Waals surface area contributed by atoms with Gasteiger partial charge in [0.2, 0.25) is 5.91 Å². The number of benzene rings is 1. The summed E-state index contributed by atoms with van der Waals surface area (Å²) in [5, 5.41) is 3.13. The minimum absolute atomic E-state index is 0.0136. The van der Waals surface area contributed by atoms with Gasteiger partial charge >= 0.3 is 0 Å². The summed E-state index contributed by atoms with van der Waals surface area (Å²) in [5.74, 6) is 0.213. The van der Waals surface area contributed by atoms with E-state index in [0.717, 1.165) is 52.0 Å². The fourth-order valence-electron chi connectivity index (χ4n) is 3.47. The van der Waals surface area contributed by atoms with Gasteiger partial charge < -0.3 is 10.2 Å². The molecule has 1 saturated heterocycles. The normalized spacial score (nSPS) is 20.8. The summed E-state index contributed by atoms with van der Waals surface area (Å²) in [6.07, 6.45) is 4.69. The summed E-state index contributed by atoms with van der Waals surface area (Å²) in [6.45, 7) is 9.56. The van der Waals surface area contributed by atoms with Gasteiger partial charge in [0, 0.05) is 32.2 Å². The molecule has 1 amide bonds. The average Bonchev–Trinajstić information content (AvgIpc) is 3.40. The predicted molar refractivity (Wildman–Crippen MR) is 98.1 cm³/mol. The summed E-state index contributed by atoms with van der Waals surface area (Å²) in [5.41, 5.74) is 2.87. The number of piperazine rings is 1. The Hall–Kier alpha value is -1.39. The first kappa shape index (κ1) is 17.4. The zero-order chi connectivity index (χ0) is 16.9. The number of amides is 1. The van der Waals surface area contributed by atoms with Crippen LogP contribution in [0.3, 0.4) is 0 Å². The van der Waals surface area contributed by atoms with Gasteiger partial charge in [-0.3, -0.25) is 9.69 Å². The molecule has 4 nitrogen and oxygen atoms in total. The molecule has 1 heterocycles. The van der Waals surface area contributed by atoms with E-state index in [1.165, 1.54) is 17.5 Å². The zero-order valence-corrected chi connectivity index (χ0v) is 15.1. The van der Waals surface area contributed by atoms with Crippen molar-refractivity contribution >= 4 is 5.91 Å². The van der Waals surface area contributed by atoms with Crippen LogP contribution in [0.15, 0.2) is 24.3 Å². The maximum absolute atomic E-state index is 12.2. The predicted octanol–water partition coefficient (Wildman–Crippen LogP) is 2.21. The zero-order valence-electron chi connectivity index (χ0n) is 15.1. The van der Waals surface area contributed by atoms with E-state index in [9.17, 15) is 4.79 Å². The molecule has 1 N–H and O–H groups in total. The van der Waals surface area contributed by atoms with Crippen LogP contribution in [0, 0.1) is 6.92 Å². The first-order chi connectivity index (χ1) is 11.6. The lowest BCUT2D eigenvalue weighted by Gasteiger charge is -2.37. The molecule has 1 aromatic rings. The molecule has 0 radical (unpaired) electrons. The van der Waals surface area contributed by atoms with E-state index in [1.54, 1.807) is 0 Å². The van der Waals surface area contributed by atoms with Gasteiger partial charge in [-0.05, 0) is 57.2 Å². The summed E-state index contributed by atoms with van der Waals surface area (Å²) in [6, 6.07) is 9.16. The summed E-state index contributed by atoms with van der Waals surface area (Å²) in [4.78, 5) is 17.0. The third kappa shape index (κ3) is 4.81. The number of hydrogen-bond donors (Lipinski definition) is 1. The fraction of sp³-hybridized carbons (Fsp3) is 0.650. The smallest absolute Gasteiger partial charge is 0.237 e. The van der Waals surface area contributed by atoms with E-state index >= 15 is 0 Å². The molecular weight excluding hydrogens is 298 g/mol. The van der Waals surface area contributed by atoms with E-state index in [4.69, 9.17) is 0 Å². The summed E-state index contributed by atoms with van der Waals surface area (Å²) in [7, 11) is 0. The molecule has 0 spiro atoms. The topological polar surface area (TPSA) is 35.6 Å². The van der Waals surface area contributed by atoms with Crippen molar-refractivity contribution in [3.8, 4) is 0 Å². The Morgan fingerprint density at radius 2 is 1.92 bits per heavy atom. The molecule has 0 aromatic heterocycles. The molecule has 1 aromatic carbocycles. The lowest BCUT2D eigenvalue weighted by atomic mass is 10.0. The summed E-state index contributed by atoms with van der Waals surface area (Å²) >= 11 is 0. The van der Waals surface area contributed by atoms with E-state index in [1.807, 2.05) is 6.92 Å². The minimum Gasteiger partial charge on any atom is -0.352 e. The standard InChI is InChI=1S/C20H31N3O/c1-16-6-3-4-7-18(16)8-5-11-22-12-14-23(15-13-22)17(2)20(24)21-19-9-10-19/h3-4,6-7,17,19H,5,8-15H2,1-2H3,(H,21,24)/t17-/m1/s1. The van der Waals surface area contributed by atoms with Gasteiger partial charge in [0.05, 0.1) is 6.04 Å².